The van der Waals surface area contributed by atoms with Crippen LogP contribution in [0.3, 0.4) is 0 Å². The Kier molecular flexibility index (Phi) is 11.2. The molecule has 12 heteroatoms. The van der Waals surface area contributed by atoms with E-state index >= 15 is 0 Å². The Balaban J connectivity index is 1.31. The van der Waals surface area contributed by atoms with Gasteiger partial charge in [-0.3, -0.25) is 9.69 Å². The monoisotopic (exact) mass is 738 g/mol. The van der Waals surface area contributed by atoms with Gasteiger partial charge in [-0.15, -0.1) is 0 Å². The fourth-order valence-electron chi connectivity index (χ4n) is 6.98. The number of hydrogen-bond acceptors (Lipinski definition) is 8. The number of likely N-dealkylation sites (tertiary alicyclic amines) is 1. The van der Waals surface area contributed by atoms with Crippen molar-refractivity contribution in [3.05, 3.63) is 105 Å². The van der Waals surface area contributed by atoms with Crippen LogP contribution in [0.4, 0.5) is 13.2 Å². The average molecular weight is 739 g/mol. The molecule has 1 aliphatic rings. The molecule has 280 valence electrons. The fraction of sp³-hybridized carbons (Fsp3) is 0.310. The van der Waals surface area contributed by atoms with Gasteiger partial charge >= 0.3 is 12.1 Å². The second-order valence-corrected chi connectivity index (χ2v) is 13.7. The van der Waals surface area contributed by atoms with Crippen LogP contribution in [-0.2, 0) is 24.1 Å². The van der Waals surface area contributed by atoms with Gasteiger partial charge in [-0.2, -0.15) is 18.4 Å². The van der Waals surface area contributed by atoms with Crippen LogP contribution in [0.1, 0.15) is 57.9 Å². The molecule has 3 N–H and O–H groups in total. The van der Waals surface area contributed by atoms with E-state index in [0.717, 1.165) is 45.0 Å². The lowest BCUT2D eigenvalue weighted by Crippen LogP contribution is -2.29. The highest BCUT2D eigenvalue weighted by Gasteiger charge is 2.34. The van der Waals surface area contributed by atoms with Gasteiger partial charge in [0.2, 0.25) is 5.89 Å². The minimum Gasteiger partial charge on any atom is -0.496 e. The van der Waals surface area contributed by atoms with E-state index in [-0.39, 0.29) is 24.8 Å². The lowest BCUT2D eigenvalue weighted by Gasteiger charge is -2.18. The summed E-state index contributed by atoms with van der Waals surface area (Å²) >= 11 is 0. The number of carboxylic acids is 1. The van der Waals surface area contributed by atoms with Crippen molar-refractivity contribution in [1.82, 2.24) is 15.2 Å². The van der Waals surface area contributed by atoms with E-state index < -0.39 is 23.6 Å². The Hall–Kier alpha value is -5.48. The number of aliphatic hydroxyl groups is 1. The van der Waals surface area contributed by atoms with E-state index in [1.807, 2.05) is 56.3 Å². The van der Waals surface area contributed by atoms with Crippen LogP contribution in [0.2, 0.25) is 0 Å². The molecule has 5 aromatic rings. The molecule has 54 heavy (non-hydrogen) atoms. The third-order valence-electron chi connectivity index (χ3n) is 10.0. The summed E-state index contributed by atoms with van der Waals surface area (Å²) in [6, 6.07) is 19.4. The van der Waals surface area contributed by atoms with Crippen LogP contribution in [0.5, 0.6) is 5.75 Å². The highest BCUT2D eigenvalue weighted by molar-refractivity contribution is 5.85. The molecule has 4 aromatic carbocycles. The van der Waals surface area contributed by atoms with Crippen LogP contribution in [0.15, 0.2) is 65.1 Å². The summed E-state index contributed by atoms with van der Waals surface area (Å²) < 4.78 is 54.6. The van der Waals surface area contributed by atoms with Crippen molar-refractivity contribution in [3.63, 3.8) is 0 Å². The van der Waals surface area contributed by atoms with E-state index in [9.17, 15) is 33.4 Å². The minimum absolute atomic E-state index is 0.0398. The fourth-order valence-corrected chi connectivity index (χ4v) is 6.98. The number of methoxy groups -OCH3 is 1. The summed E-state index contributed by atoms with van der Waals surface area (Å²) in [6.45, 7) is 7.14. The molecule has 6 rings (SSSR count). The maximum atomic E-state index is 14.3. The van der Waals surface area contributed by atoms with E-state index in [2.05, 4.69) is 16.3 Å². The number of nitrogens with zero attached hydrogens (tertiary/aromatic N) is 3. The normalized spacial score (nSPS) is 15.6. The molecule has 0 spiro atoms. The number of carbonyl (C=O) groups is 1. The maximum Gasteiger partial charge on any atom is 0.417 e. The summed E-state index contributed by atoms with van der Waals surface area (Å²) in [7, 11) is 1.41. The average Bonchev–Trinajstić information content (AvgIpc) is 3.80. The summed E-state index contributed by atoms with van der Waals surface area (Å²) in [6.07, 6.45) is -0.920. The van der Waals surface area contributed by atoms with Gasteiger partial charge in [0.25, 0.3) is 0 Å². The number of rotatable bonds is 12. The third-order valence-corrected chi connectivity index (χ3v) is 10.0. The van der Waals surface area contributed by atoms with Crippen molar-refractivity contribution >= 4 is 29.2 Å². The molecule has 1 aromatic heterocycles. The van der Waals surface area contributed by atoms with E-state index in [1.165, 1.54) is 19.3 Å². The van der Waals surface area contributed by atoms with Crippen LogP contribution in [0, 0.1) is 31.1 Å². The zero-order chi connectivity index (χ0) is 38.7. The van der Waals surface area contributed by atoms with Gasteiger partial charge in [0, 0.05) is 36.8 Å². The number of nitrogens with one attached hydrogen (secondary N) is 1. The molecule has 1 fully saturated rings. The zero-order valence-corrected chi connectivity index (χ0v) is 30.4. The Labute approximate surface area is 311 Å². The number of oxazole rings is 1. The topological polar surface area (TPSA) is 132 Å². The molecule has 0 radical (unpaired) electrons. The first-order chi connectivity index (χ1) is 25.8. The van der Waals surface area contributed by atoms with Gasteiger partial charge in [-0.1, -0.05) is 42.5 Å². The number of fused-ring (bicyclic) bond motifs is 1. The van der Waals surface area contributed by atoms with Crippen molar-refractivity contribution in [2.45, 2.75) is 52.5 Å². The number of aliphatic hydroxyl groups excluding tert-OH is 1. The van der Waals surface area contributed by atoms with Crippen molar-refractivity contribution < 1.29 is 37.3 Å². The van der Waals surface area contributed by atoms with Crippen LogP contribution in [0.25, 0.3) is 45.8 Å². The highest BCUT2D eigenvalue weighted by Crippen LogP contribution is 2.39. The molecule has 2 atom stereocenters. The molecule has 0 unspecified atom stereocenters. The molecule has 9 nitrogen and oxygen atoms in total. The number of nitriles is 1. The Morgan fingerprint density at radius 2 is 1.80 bits per heavy atom. The quantitative estimate of drug-likeness (QED) is 0.108. The first kappa shape index (κ1) is 38.3. The molecular formula is C42H41F3N4O5. The first-order valence-electron chi connectivity index (χ1n) is 17.6. The predicted octanol–water partition coefficient (Wildman–Crippen LogP) is 8.23. The van der Waals surface area contributed by atoms with Crippen LogP contribution in [-0.4, -0.2) is 58.9 Å². The Morgan fingerprint density at radius 1 is 1.09 bits per heavy atom. The molecule has 1 saturated heterocycles. The first-order valence-corrected chi connectivity index (χ1v) is 17.6. The van der Waals surface area contributed by atoms with Gasteiger partial charge in [-0.25, -0.2) is 4.98 Å². The van der Waals surface area contributed by atoms with Gasteiger partial charge in [0.15, 0.2) is 5.58 Å². The number of hydrogen-bond donors (Lipinski definition) is 3. The van der Waals surface area contributed by atoms with Crippen molar-refractivity contribution in [2.24, 2.45) is 5.92 Å². The summed E-state index contributed by atoms with van der Waals surface area (Å²) in [5.41, 5.74) is 6.52. The third kappa shape index (κ3) is 8.04. The van der Waals surface area contributed by atoms with Gasteiger partial charge in [-0.05, 0) is 103 Å². The molecule has 0 bridgehead atoms. The summed E-state index contributed by atoms with van der Waals surface area (Å²) in [4.78, 5) is 18.3. The smallest absolute Gasteiger partial charge is 0.417 e. The van der Waals surface area contributed by atoms with Crippen LogP contribution >= 0.6 is 0 Å². The van der Waals surface area contributed by atoms with E-state index in [4.69, 9.17) is 14.1 Å². The minimum atomic E-state index is -4.61. The standard InChI is InChI=1S/C42H41F3N4O5/c1-24(23-50)47-20-32-17-36(42(43,44)45)29(18-38(32)53-4)12-11-28-7-5-8-33(25(28)2)34-9-6-10-35(26(34)3)40-48-37-16-27(15-31(19-46)39(37)54-40)21-49-14-13-30(22-49)41(51)52/h5-12,15-18,24,30,47,50H,13-14,20-23H2,1-4H3,(H,51,52)/b12-11+/t24-,30+/m0/s1. The van der Waals surface area contributed by atoms with Gasteiger partial charge in [0.1, 0.15) is 17.3 Å². The SMILES string of the molecule is COc1cc(/C=C/c2cccc(-c3cccc(-c4nc5cc(CN6CC[C@@H](C(=O)O)C6)cc(C#N)c5o4)c3C)c2C)c(C(F)(F)F)cc1CN[C@@H](C)CO. The van der Waals surface area contributed by atoms with Gasteiger partial charge < -0.3 is 24.7 Å². The molecule has 0 amide bonds. The predicted molar refractivity (Wildman–Crippen MR) is 200 cm³/mol. The maximum absolute atomic E-state index is 14.3. The second kappa shape index (κ2) is 15.9. The Bertz CT molecular complexity index is 2270. The lowest BCUT2D eigenvalue weighted by atomic mass is 9.91. The van der Waals surface area contributed by atoms with E-state index in [1.54, 1.807) is 19.1 Å². The summed E-state index contributed by atoms with van der Waals surface area (Å²) in [5.74, 6) is -0.561. The van der Waals surface area contributed by atoms with Gasteiger partial charge in [0.05, 0.1) is 30.8 Å². The van der Waals surface area contributed by atoms with Crippen LogP contribution < -0.4 is 10.1 Å². The number of ether oxygens (including phenoxy) is 1. The number of benzene rings is 4. The number of alkyl halides is 3. The highest BCUT2D eigenvalue weighted by atomic mass is 19.4. The number of aromatic nitrogens is 1. The Morgan fingerprint density at radius 3 is 2.46 bits per heavy atom. The number of carboxylic acid groups (broad SMARTS) is 1. The number of aliphatic carboxylic acids is 1. The lowest BCUT2D eigenvalue weighted by molar-refractivity contribution is -0.141. The largest absolute Gasteiger partial charge is 0.496 e. The second-order valence-electron chi connectivity index (χ2n) is 13.7. The molecule has 0 saturated carbocycles. The van der Waals surface area contributed by atoms with E-state index in [0.29, 0.717) is 59.9 Å². The van der Waals surface area contributed by atoms with Crippen molar-refractivity contribution in [1.29, 1.82) is 5.26 Å². The zero-order valence-electron chi connectivity index (χ0n) is 30.4. The molecule has 0 aliphatic carbocycles. The summed E-state index contributed by atoms with van der Waals surface area (Å²) in [5, 5.41) is 31.7. The number of halogens is 3. The van der Waals surface area contributed by atoms with Crippen molar-refractivity contribution in [2.75, 3.05) is 26.8 Å². The molecular weight excluding hydrogens is 697 g/mol. The molecule has 2 heterocycles. The van der Waals surface area contributed by atoms with Crippen molar-refractivity contribution in [3.8, 4) is 34.4 Å². The molecule has 1 aliphatic heterocycles.